The van der Waals surface area contributed by atoms with Gasteiger partial charge in [-0.2, -0.15) is 13.2 Å². The summed E-state index contributed by atoms with van der Waals surface area (Å²) in [5.74, 6) is 0.438. The monoisotopic (exact) mass is 390 g/mol. The van der Waals surface area contributed by atoms with E-state index in [1.54, 1.807) is 10.6 Å². The number of halogens is 4. The Balaban J connectivity index is 0.00000210. The lowest BCUT2D eigenvalue weighted by Gasteiger charge is -2.08. The van der Waals surface area contributed by atoms with E-state index in [0.717, 1.165) is 29.1 Å². The molecule has 0 saturated carbocycles. The van der Waals surface area contributed by atoms with E-state index >= 15 is 0 Å². The summed E-state index contributed by atoms with van der Waals surface area (Å²) in [6.45, 7) is 0. The molecule has 2 heterocycles. The van der Waals surface area contributed by atoms with Gasteiger partial charge in [0.25, 0.3) is 0 Å². The zero-order chi connectivity index (χ0) is 18.3. The zero-order valence-electron chi connectivity index (χ0n) is 13.8. The van der Waals surface area contributed by atoms with E-state index in [1.165, 1.54) is 12.4 Å². The molecule has 0 radical (unpaired) electrons. The fraction of sp³-hybridized carbons (Fsp3) is 0.0526. The van der Waals surface area contributed by atoms with Crippen LogP contribution in [0.15, 0.2) is 67.0 Å². The topological polar surface area (TPSA) is 56.7 Å². The van der Waals surface area contributed by atoms with Crippen LogP contribution in [0.3, 0.4) is 0 Å². The van der Waals surface area contributed by atoms with Crippen LogP contribution >= 0.6 is 12.4 Å². The van der Waals surface area contributed by atoms with E-state index in [0.29, 0.717) is 16.9 Å². The van der Waals surface area contributed by atoms with Gasteiger partial charge in [0.1, 0.15) is 12.1 Å². The minimum atomic E-state index is -4.38. The molecule has 2 aromatic heterocycles. The lowest BCUT2D eigenvalue weighted by atomic mass is 10.1. The van der Waals surface area contributed by atoms with Crippen LogP contribution < -0.4 is 5.73 Å². The van der Waals surface area contributed by atoms with Gasteiger partial charge < -0.3 is 5.73 Å². The van der Waals surface area contributed by atoms with Crippen LogP contribution in [0.2, 0.25) is 0 Å². The molecule has 0 atom stereocenters. The molecule has 0 aliphatic rings. The van der Waals surface area contributed by atoms with Crippen LogP contribution in [0.5, 0.6) is 0 Å². The predicted molar refractivity (Wildman–Crippen MR) is 101 cm³/mol. The molecule has 2 N–H and O–H groups in total. The van der Waals surface area contributed by atoms with Gasteiger partial charge in [-0.25, -0.2) is 9.97 Å². The first-order valence-electron chi connectivity index (χ1n) is 7.79. The highest BCUT2D eigenvalue weighted by molar-refractivity contribution is 5.85. The summed E-state index contributed by atoms with van der Waals surface area (Å²) in [5, 5.41) is 0. The van der Waals surface area contributed by atoms with E-state index in [-0.39, 0.29) is 12.4 Å². The van der Waals surface area contributed by atoms with Crippen LogP contribution in [-0.4, -0.2) is 14.5 Å². The summed E-state index contributed by atoms with van der Waals surface area (Å²) in [6.07, 6.45) is -2.87. The highest BCUT2D eigenvalue weighted by Gasteiger charge is 2.30. The Kier molecular flexibility index (Phi) is 4.80. The quantitative estimate of drug-likeness (QED) is 0.517. The van der Waals surface area contributed by atoms with Crippen LogP contribution in [0.4, 0.5) is 19.0 Å². The van der Waals surface area contributed by atoms with E-state index < -0.39 is 11.7 Å². The Morgan fingerprint density at radius 3 is 2.33 bits per heavy atom. The molecule has 0 amide bonds. The highest BCUT2D eigenvalue weighted by Crippen LogP contribution is 2.31. The number of aromatic nitrogens is 3. The van der Waals surface area contributed by atoms with Gasteiger partial charge in [-0.15, -0.1) is 12.4 Å². The van der Waals surface area contributed by atoms with Crippen molar-refractivity contribution in [2.45, 2.75) is 6.18 Å². The van der Waals surface area contributed by atoms with Crippen LogP contribution in [-0.2, 0) is 6.18 Å². The smallest absolute Gasteiger partial charge is 0.384 e. The minimum absolute atomic E-state index is 0. The van der Waals surface area contributed by atoms with E-state index in [1.807, 2.05) is 36.4 Å². The molecule has 138 valence electrons. The number of nitrogens with two attached hydrogens (primary N) is 1. The summed E-state index contributed by atoms with van der Waals surface area (Å²) in [5.41, 5.74) is 8.33. The lowest BCUT2D eigenvalue weighted by molar-refractivity contribution is -0.137. The van der Waals surface area contributed by atoms with Crippen molar-refractivity contribution in [3.05, 3.63) is 72.6 Å². The van der Waals surface area contributed by atoms with Crippen molar-refractivity contribution in [3.8, 4) is 16.9 Å². The first-order chi connectivity index (χ1) is 12.4. The molecule has 4 nitrogen and oxygen atoms in total. The Morgan fingerprint density at radius 1 is 0.926 bits per heavy atom. The second kappa shape index (κ2) is 6.92. The van der Waals surface area contributed by atoms with Crippen molar-refractivity contribution in [2.75, 3.05) is 5.73 Å². The SMILES string of the molecule is Cl.Nc1cccc(-c2ccc(-n3cnc4cc(C(F)(F)F)ccc43)cc2)n1. The van der Waals surface area contributed by atoms with Crippen molar-refractivity contribution in [1.29, 1.82) is 0 Å². The molecule has 0 saturated heterocycles. The Morgan fingerprint density at radius 2 is 1.67 bits per heavy atom. The lowest BCUT2D eigenvalue weighted by Crippen LogP contribution is -2.04. The maximum atomic E-state index is 12.8. The fourth-order valence-electron chi connectivity index (χ4n) is 2.80. The number of anilines is 1. The number of benzene rings is 2. The molecule has 0 bridgehead atoms. The summed E-state index contributed by atoms with van der Waals surface area (Å²) in [6, 6.07) is 16.4. The molecule has 27 heavy (non-hydrogen) atoms. The van der Waals surface area contributed by atoms with Gasteiger partial charge in [0.15, 0.2) is 0 Å². The van der Waals surface area contributed by atoms with Gasteiger partial charge in [0, 0.05) is 11.3 Å². The predicted octanol–water partition coefficient (Wildman–Crippen LogP) is 5.11. The van der Waals surface area contributed by atoms with E-state index in [9.17, 15) is 13.2 Å². The maximum absolute atomic E-state index is 12.8. The van der Waals surface area contributed by atoms with Crippen molar-refractivity contribution < 1.29 is 13.2 Å². The third-order valence-electron chi connectivity index (χ3n) is 4.09. The Labute approximate surface area is 158 Å². The fourth-order valence-corrected chi connectivity index (χ4v) is 2.80. The molecule has 0 aliphatic carbocycles. The van der Waals surface area contributed by atoms with Crippen molar-refractivity contribution in [3.63, 3.8) is 0 Å². The number of alkyl halides is 3. The average Bonchev–Trinajstić information content (AvgIpc) is 3.04. The standard InChI is InChI=1S/C19H13F3N4.ClH/c20-19(21,22)13-6-9-17-16(10-13)24-11-26(17)14-7-4-12(5-8-14)15-2-1-3-18(23)25-15;/h1-11H,(H2,23,25);1H. The van der Waals surface area contributed by atoms with Crippen molar-refractivity contribution >= 4 is 29.3 Å². The maximum Gasteiger partial charge on any atom is 0.416 e. The minimum Gasteiger partial charge on any atom is -0.384 e. The zero-order valence-corrected chi connectivity index (χ0v) is 14.6. The highest BCUT2D eigenvalue weighted by atomic mass is 35.5. The molecule has 0 spiro atoms. The third-order valence-corrected chi connectivity index (χ3v) is 4.09. The van der Waals surface area contributed by atoms with Crippen molar-refractivity contribution in [2.24, 2.45) is 0 Å². The van der Waals surface area contributed by atoms with Gasteiger partial charge >= 0.3 is 6.18 Å². The summed E-state index contributed by atoms with van der Waals surface area (Å²) >= 11 is 0. The van der Waals surface area contributed by atoms with Gasteiger partial charge in [-0.1, -0.05) is 18.2 Å². The molecule has 2 aromatic carbocycles. The molecule has 4 aromatic rings. The molecule has 0 fully saturated rings. The number of hydrogen-bond donors (Lipinski definition) is 1. The van der Waals surface area contributed by atoms with E-state index in [4.69, 9.17) is 5.73 Å². The molecule has 4 rings (SSSR count). The Bertz CT molecular complexity index is 1090. The molecular formula is C19H14ClF3N4. The summed E-state index contributed by atoms with van der Waals surface area (Å²) in [7, 11) is 0. The molecular weight excluding hydrogens is 377 g/mol. The number of fused-ring (bicyclic) bond motifs is 1. The van der Waals surface area contributed by atoms with Crippen LogP contribution in [0.1, 0.15) is 5.56 Å². The summed E-state index contributed by atoms with van der Waals surface area (Å²) in [4.78, 5) is 8.37. The van der Waals surface area contributed by atoms with Crippen LogP contribution in [0, 0.1) is 0 Å². The normalized spacial score (nSPS) is 11.4. The van der Waals surface area contributed by atoms with Crippen LogP contribution in [0.25, 0.3) is 28.0 Å². The number of hydrogen-bond acceptors (Lipinski definition) is 3. The number of nitrogens with zero attached hydrogens (tertiary/aromatic N) is 3. The first-order valence-corrected chi connectivity index (χ1v) is 7.79. The van der Waals surface area contributed by atoms with Gasteiger partial charge in [-0.3, -0.25) is 4.57 Å². The first kappa shape index (κ1) is 18.7. The van der Waals surface area contributed by atoms with Crippen molar-refractivity contribution in [1.82, 2.24) is 14.5 Å². The number of pyridine rings is 1. The van der Waals surface area contributed by atoms with Gasteiger partial charge in [0.05, 0.1) is 22.3 Å². The second-order valence-electron chi connectivity index (χ2n) is 5.81. The average molecular weight is 391 g/mol. The second-order valence-corrected chi connectivity index (χ2v) is 5.81. The number of imidazole rings is 1. The Hall–Kier alpha value is -3.06. The number of rotatable bonds is 2. The van der Waals surface area contributed by atoms with Gasteiger partial charge in [-0.05, 0) is 42.5 Å². The van der Waals surface area contributed by atoms with E-state index in [2.05, 4.69) is 9.97 Å². The van der Waals surface area contributed by atoms with Gasteiger partial charge in [0.2, 0.25) is 0 Å². The number of nitrogen functional groups attached to an aromatic ring is 1. The largest absolute Gasteiger partial charge is 0.416 e. The molecule has 0 unspecified atom stereocenters. The third kappa shape index (κ3) is 3.59. The molecule has 0 aliphatic heterocycles. The molecule has 8 heteroatoms. The summed E-state index contributed by atoms with van der Waals surface area (Å²) < 4.78 is 40.2.